The van der Waals surface area contributed by atoms with Gasteiger partial charge in [0, 0.05) is 17.8 Å². The van der Waals surface area contributed by atoms with Crippen LogP contribution in [0.15, 0.2) is 42.5 Å². The van der Waals surface area contributed by atoms with Crippen molar-refractivity contribution in [1.29, 1.82) is 0 Å². The Morgan fingerprint density at radius 3 is 2.18 bits per heavy atom. The van der Waals surface area contributed by atoms with Crippen molar-refractivity contribution in [2.75, 3.05) is 26.1 Å². The van der Waals surface area contributed by atoms with Crippen molar-refractivity contribution in [2.45, 2.75) is 32.7 Å². The fourth-order valence-electron chi connectivity index (χ4n) is 2.58. The lowest BCUT2D eigenvalue weighted by Gasteiger charge is -2.23. The molecule has 0 bridgehead atoms. The van der Waals surface area contributed by atoms with Crippen molar-refractivity contribution >= 4 is 17.4 Å². The molecule has 28 heavy (non-hydrogen) atoms. The topological polar surface area (TPSA) is 76.7 Å². The number of methoxy groups -OCH3 is 2. The number of carbonyl (C=O) groups excluding carboxylic acids is 2. The van der Waals surface area contributed by atoms with E-state index in [1.165, 1.54) is 7.11 Å². The van der Waals surface area contributed by atoms with Crippen LogP contribution in [-0.4, -0.2) is 38.0 Å². The monoisotopic (exact) mass is 384 g/mol. The van der Waals surface area contributed by atoms with Gasteiger partial charge in [-0.1, -0.05) is 12.1 Å². The third-order valence-corrected chi connectivity index (χ3v) is 4.72. The average molecular weight is 384 g/mol. The molecular formula is C22H28N2O4. The van der Waals surface area contributed by atoms with E-state index in [0.29, 0.717) is 29.3 Å². The highest BCUT2D eigenvalue weighted by molar-refractivity contribution is 6.04. The second-order valence-electron chi connectivity index (χ2n) is 7.08. The minimum Gasteiger partial charge on any atom is -0.493 e. The number of ether oxygens (including phenoxy) is 2. The summed E-state index contributed by atoms with van der Waals surface area (Å²) in [5.74, 6) is 0.968. The van der Waals surface area contributed by atoms with Gasteiger partial charge in [-0.15, -0.1) is 0 Å². The predicted octanol–water partition coefficient (Wildman–Crippen LogP) is 3.46. The molecular weight excluding hydrogens is 356 g/mol. The van der Waals surface area contributed by atoms with Gasteiger partial charge in [-0.25, -0.2) is 0 Å². The highest BCUT2D eigenvalue weighted by Gasteiger charge is 2.21. The summed E-state index contributed by atoms with van der Waals surface area (Å²) in [5.41, 5.74) is 1.79. The zero-order valence-electron chi connectivity index (χ0n) is 17.1. The fourth-order valence-corrected chi connectivity index (χ4v) is 2.58. The van der Waals surface area contributed by atoms with E-state index in [1.54, 1.807) is 32.2 Å². The SMILES string of the molecule is COc1ccc(C(=O)Nc2ccc(CCNC(C)(C)C(C)=O)cc2)cc1OC. The number of Topliss-reactive ketones (excluding diaryl/α,β-unsaturated/α-hetero) is 1. The summed E-state index contributed by atoms with van der Waals surface area (Å²) in [6.07, 6.45) is 0.792. The molecule has 0 aliphatic carbocycles. The van der Waals surface area contributed by atoms with Crippen LogP contribution in [0.1, 0.15) is 36.7 Å². The molecule has 0 atom stereocenters. The minimum absolute atomic E-state index is 0.112. The summed E-state index contributed by atoms with van der Waals surface area (Å²) >= 11 is 0. The van der Waals surface area contributed by atoms with Gasteiger partial charge in [-0.3, -0.25) is 9.59 Å². The van der Waals surface area contributed by atoms with E-state index in [0.717, 1.165) is 12.0 Å². The number of nitrogens with one attached hydrogen (secondary N) is 2. The van der Waals surface area contributed by atoms with Crippen LogP contribution in [0.5, 0.6) is 11.5 Å². The van der Waals surface area contributed by atoms with Gasteiger partial charge < -0.3 is 20.1 Å². The Labute approximate surface area is 166 Å². The molecule has 2 rings (SSSR count). The molecule has 6 nitrogen and oxygen atoms in total. The molecule has 0 fully saturated rings. The van der Waals surface area contributed by atoms with E-state index in [2.05, 4.69) is 10.6 Å². The van der Waals surface area contributed by atoms with Crippen molar-refractivity contribution < 1.29 is 19.1 Å². The smallest absolute Gasteiger partial charge is 0.255 e. The summed E-state index contributed by atoms with van der Waals surface area (Å²) < 4.78 is 10.4. The number of benzene rings is 2. The molecule has 150 valence electrons. The van der Waals surface area contributed by atoms with Crippen LogP contribution >= 0.6 is 0 Å². The Hall–Kier alpha value is -2.86. The number of hydrogen-bond acceptors (Lipinski definition) is 5. The highest BCUT2D eigenvalue weighted by atomic mass is 16.5. The summed E-state index contributed by atoms with van der Waals surface area (Å²) in [6, 6.07) is 12.7. The van der Waals surface area contributed by atoms with Crippen molar-refractivity contribution in [1.82, 2.24) is 5.32 Å². The number of rotatable bonds is 9. The van der Waals surface area contributed by atoms with Crippen molar-refractivity contribution in [3.8, 4) is 11.5 Å². The maximum Gasteiger partial charge on any atom is 0.255 e. The van der Waals surface area contributed by atoms with E-state index in [-0.39, 0.29) is 11.7 Å². The number of amides is 1. The van der Waals surface area contributed by atoms with E-state index in [4.69, 9.17) is 9.47 Å². The van der Waals surface area contributed by atoms with Crippen molar-refractivity contribution in [3.63, 3.8) is 0 Å². The molecule has 2 aromatic rings. The second-order valence-corrected chi connectivity index (χ2v) is 7.08. The Morgan fingerprint density at radius 1 is 0.964 bits per heavy atom. The standard InChI is InChI=1S/C22H28N2O4/c1-15(25)22(2,3)23-13-12-16-6-9-18(10-7-16)24-21(26)17-8-11-19(27-4)20(14-17)28-5/h6-11,14,23H,12-13H2,1-5H3,(H,24,26). The first-order valence-corrected chi connectivity index (χ1v) is 9.15. The number of hydrogen-bond donors (Lipinski definition) is 2. The summed E-state index contributed by atoms with van der Waals surface area (Å²) in [5, 5.41) is 6.13. The van der Waals surface area contributed by atoms with Crippen LogP contribution in [0.2, 0.25) is 0 Å². The molecule has 0 radical (unpaired) electrons. The Kier molecular flexibility index (Phi) is 7.18. The van der Waals surface area contributed by atoms with Gasteiger partial charge in [0.05, 0.1) is 19.8 Å². The molecule has 2 N–H and O–H groups in total. The second kappa shape index (κ2) is 9.37. The Bertz CT molecular complexity index is 829. The molecule has 0 spiro atoms. The predicted molar refractivity (Wildman–Crippen MR) is 110 cm³/mol. The Morgan fingerprint density at radius 2 is 1.61 bits per heavy atom. The highest BCUT2D eigenvalue weighted by Crippen LogP contribution is 2.27. The van der Waals surface area contributed by atoms with Crippen LogP contribution in [-0.2, 0) is 11.2 Å². The lowest BCUT2D eigenvalue weighted by molar-refractivity contribution is -0.122. The van der Waals surface area contributed by atoms with Crippen LogP contribution in [0.4, 0.5) is 5.69 Å². The molecule has 2 aromatic carbocycles. The largest absolute Gasteiger partial charge is 0.493 e. The first-order chi connectivity index (χ1) is 13.3. The van der Waals surface area contributed by atoms with Gasteiger partial charge in [-0.2, -0.15) is 0 Å². The quantitative estimate of drug-likeness (QED) is 0.692. The lowest BCUT2D eigenvalue weighted by Crippen LogP contribution is -2.46. The molecule has 0 saturated heterocycles. The molecule has 1 amide bonds. The van der Waals surface area contributed by atoms with Crippen LogP contribution < -0.4 is 20.1 Å². The molecule has 0 heterocycles. The summed E-state index contributed by atoms with van der Waals surface area (Å²) in [6.45, 7) is 6.04. The molecule has 0 aromatic heterocycles. The minimum atomic E-state index is -0.520. The number of ketones is 1. The van der Waals surface area contributed by atoms with Crippen LogP contribution in [0, 0.1) is 0 Å². The van der Waals surface area contributed by atoms with Gasteiger partial charge >= 0.3 is 0 Å². The zero-order valence-corrected chi connectivity index (χ0v) is 17.1. The maximum absolute atomic E-state index is 12.5. The van der Waals surface area contributed by atoms with Gasteiger partial charge in [-0.05, 0) is 63.1 Å². The van der Waals surface area contributed by atoms with Gasteiger partial charge in [0.25, 0.3) is 5.91 Å². The molecule has 0 aliphatic heterocycles. The van der Waals surface area contributed by atoms with E-state index in [1.807, 2.05) is 38.1 Å². The van der Waals surface area contributed by atoms with Gasteiger partial charge in [0.1, 0.15) is 5.78 Å². The summed E-state index contributed by atoms with van der Waals surface area (Å²) in [4.78, 5) is 24.0. The van der Waals surface area contributed by atoms with Crippen molar-refractivity contribution in [2.24, 2.45) is 0 Å². The lowest BCUT2D eigenvalue weighted by atomic mass is 10.00. The maximum atomic E-state index is 12.5. The van der Waals surface area contributed by atoms with E-state index in [9.17, 15) is 9.59 Å². The molecule has 0 saturated carbocycles. The van der Waals surface area contributed by atoms with Crippen molar-refractivity contribution in [3.05, 3.63) is 53.6 Å². The zero-order chi connectivity index (χ0) is 20.7. The Balaban J connectivity index is 1.95. The van der Waals surface area contributed by atoms with Gasteiger partial charge in [0.2, 0.25) is 0 Å². The third kappa shape index (κ3) is 5.57. The van der Waals surface area contributed by atoms with E-state index < -0.39 is 5.54 Å². The molecule has 6 heteroatoms. The molecule has 0 aliphatic rings. The molecule has 0 unspecified atom stereocenters. The first kappa shape index (κ1) is 21.4. The van der Waals surface area contributed by atoms with Gasteiger partial charge in [0.15, 0.2) is 11.5 Å². The number of anilines is 1. The van der Waals surface area contributed by atoms with E-state index >= 15 is 0 Å². The van der Waals surface area contributed by atoms with Crippen LogP contribution in [0.3, 0.4) is 0 Å². The average Bonchev–Trinajstić information content (AvgIpc) is 2.68. The third-order valence-electron chi connectivity index (χ3n) is 4.72. The van der Waals surface area contributed by atoms with Crippen LogP contribution in [0.25, 0.3) is 0 Å². The normalized spacial score (nSPS) is 11.0. The number of carbonyl (C=O) groups is 2. The summed E-state index contributed by atoms with van der Waals surface area (Å²) in [7, 11) is 3.08. The fraction of sp³-hybridized carbons (Fsp3) is 0.364. The first-order valence-electron chi connectivity index (χ1n) is 9.15.